The number of nitrogens with one attached hydrogen (secondary N) is 2. The molecule has 0 bridgehead atoms. The van der Waals surface area contributed by atoms with Crippen molar-refractivity contribution in [1.29, 1.82) is 0 Å². The summed E-state index contributed by atoms with van der Waals surface area (Å²) in [5, 5.41) is 20.9. The van der Waals surface area contributed by atoms with E-state index in [2.05, 4.69) is 20.7 Å². The van der Waals surface area contributed by atoms with Gasteiger partial charge in [0.25, 0.3) is 0 Å². The molecule has 1 aromatic heterocycles. The molecule has 0 radical (unpaired) electrons. The Morgan fingerprint density at radius 1 is 1.60 bits per heavy atom. The lowest BCUT2D eigenvalue weighted by atomic mass is 10.3. The zero-order valence-electron chi connectivity index (χ0n) is 14.5. The summed E-state index contributed by atoms with van der Waals surface area (Å²) in [4.78, 5) is 14.7. The van der Waals surface area contributed by atoms with Gasteiger partial charge in [0.1, 0.15) is 12.4 Å². The smallest absolute Gasteiger partial charge is 0.306 e. The van der Waals surface area contributed by atoms with E-state index in [-0.39, 0.29) is 11.8 Å². The molecule has 0 amide bonds. The zero-order chi connectivity index (χ0) is 17.9. The van der Waals surface area contributed by atoms with Crippen LogP contribution in [-0.2, 0) is 16.0 Å². The van der Waals surface area contributed by atoms with Gasteiger partial charge in [-0.1, -0.05) is 0 Å². The highest BCUT2D eigenvalue weighted by molar-refractivity contribution is 5.79. The van der Waals surface area contributed by atoms with Crippen molar-refractivity contribution < 1.29 is 14.4 Å². The van der Waals surface area contributed by atoms with Crippen molar-refractivity contribution in [2.75, 3.05) is 39.5 Å². The molecule has 2 N–H and O–H groups in total. The highest BCUT2D eigenvalue weighted by Gasteiger charge is 2.15. The van der Waals surface area contributed by atoms with Gasteiger partial charge in [0.15, 0.2) is 5.96 Å². The van der Waals surface area contributed by atoms with E-state index in [1.54, 1.807) is 0 Å². The first-order chi connectivity index (χ1) is 12.2. The lowest BCUT2D eigenvalue weighted by Gasteiger charge is -2.12. The third-order valence-corrected chi connectivity index (χ3v) is 3.62. The highest BCUT2D eigenvalue weighted by atomic mass is 16.6. The monoisotopic (exact) mass is 354 g/mol. The Labute approximate surface area is 146 Å². The van der Waals surface area contributed by atoms with Gasteiger partial charge in [0, 0.05) is 32.8 Å². The second-order valence-electron chi connectivity index (χ2n) is 5.62. The van der Waals surface area contributed by atoms with Gasteiger partial charge in [-0.15, -0.1) is 0 Å². The molecular weight excluding hydrogens is 328 g/mol. The standard InChI is InChI=1S/C15H26N6O4/c1-2-16-15(17-5-3-8-25-14-4-9-24-12-14)18-6-7-20-11-13(10-19-20)21(22)23/h10-11,14H,2-9,12H2,1H3,(H2,16,17,18). The van der Waals surface area contributed by atoms with Crippen LogP contribution in [0, 0.1) is 10.1 Å². The van der Waals surface area contributed by atoms with E-state index in [4.69, 9.17) is 9.47 Å². The number of nitro groups is 1. The summed E-state index contributed by atoms with van der Waals surface area (Å²) < 4.78 is 12.5. The van der Waals surface area contributed by atoms with E-state index in [1.807, 2.05) is 6.92 Å². The third-order valence-electron chi connectivity index (χ3n) is 3.62. The first-order valence-corrected chi connectivity index (χ1v) is 8.57. The van der Waals surface area contributed by atoms with Crippen LogP contribution in [0.3, 0.4) is 0 Å². The molecule has 10 heteroatoms. The molecule has 2 rings (SSSR count). The van der Waals surface area contributed by atoms with E-state index < -0.39 is 4.92 Å². The molecule has 1 aliphatic heterocycles. The Hall–Kier alpha value is -2.20. The van der Waals surface area contributed by atoms with Crippen LogP contribution < -0.4 is 10.6 Å². The van der Waals surface area contributed by atoms with E-state index in [9.17, 15) is 10.1 Å². The Balaban J connectivity index is 1.64. The summed E-state index contributed by atoms with van der Waals surface area (Å²) in [5.41, 5.74) is -0.00626. The van der Waals surface area contributed by atoms with Crippen molar-refractivity contribution in [1.82, 2.24) is 20.4 Å². The normalized spacial score (nSPS) is 17.6. The molecule has 0 aromatic carbocycles. The molecular formula is C15H26N6O4. The molecule has 0 aliphatic carbocycles. The number of rotatable bonds is 10. The lowest BCUT2D eigenvalue weighted by Crippen LogP contribution is -2.39. The minimum absolute atomic E-state index is 0.00626. The van der Waals surface area contributed by atoms with Crippen LogP contribution in [0.2, 0.25) is 0 Å². The molecule has 10 nitrogen and oxygen atoms in total. The largest absolute Gasteiger partial charge is 0.379 e. The number of hydrogen-bond acceptors (Lipinski definition) is 6. The maximum atomic E-state index is 10.6. The van der Waals surface area contributed by atoms with Crippen molar-refractivity contribution >= 4 is 11.6 Å². The summed E-state index contributed by atoms with van der Waals surface area (Å²) in [6.45, 7) is 6.66. The second kappa shape index (κ2) is 10.6. The summed E-state index contributed by atoms with van der Waals surface area (Å²) in [7, 11) is 0. The fraction of sp³-hybridized carbons (Fsp3) is 0.733. The van der Waals surface area contributed by atoms with Crippen LogP contribution in [0.25, 0.3) is 0 Å². The predicted octanol–water partition coefficient (Wildman–Crippen LogP) is 0.542. The van der Waals surface area contributed by atoms with E-state index >= 15 is 0 Å². The lowest BCUT2D eigenvalue weighted by molar-refractivity contribution is -0.385. The van der Waals surface area contributed by atoms with Gasteiger partial charge in [-0.05, 0) is 19.8 Å². The number of ether oxygens (including phenoxy) is 2. The number of aliphatic imine (C=N–C) groups is 1. The van der Waals surface area contributed by atoms with Crippen molar-refractivity contribution in [3.05, 3.63) is 22.5 Å². The molecule has 0 spiro atoms. The zero-order valence-corrected chi connectivity index (χ0v) is 14.5. The molecule has 1 saturated heterocycles. The van der Waals surface area contributed by atoms with Crippen LogP contribution in [0.1, 0.15) is 19.8 Å². The van der Waals surface area contributed by atoms with Crippen LogP contribution >= 0.6 is 0 Å². The number of nitrogens with zero attached hydrogens (tertiary/aromatic N) is 4. The molecule has 1 fully saturated rings. The number of aromatic nitrogens is 2. The fourth-order valence-corrected chi connectivity index (χ4v) is 2.35. The SMILES string of the molecule is CCNC(=NCCCOC1CCOC1)NCCn1cc([N+](=O)[O-])cn1. The van der Waals surface area contributed by atoms with Crippen LogP contribution in [-0.4, -0.2) is 66.2 Å². The van der Waals surface area contributed by atoms with Gasteiger partial charge in [-0.25, -0.2) is 0 Å². The maximum absolute atomic E-state index is 10.6. The van der Waals surface area contributed by atoms with Crippen molar-refractivity contribution in [2.45, 2.75) is 32.4 Å². The minimum atomic E-state index is -0.456. The molecule has 1 aromatic rings. The van der Waals surface area contributed by atoms with Gasteiger partial charge in [-0.2, -0.15) is 5.10 Å². The van der Waals surface area contributed by atoms with Crippen LogP contribution in [0.5, 0.6) is 0 Å². The highest BCUT2D eigenvalue weighted by Crippen LogP contribution is 2.08. The summed E-state index contributed by atoms with van der Waals surface area (Å²) in [6.07, 6.45) is 4.70. The molecule has 25 heavy (non-hydrogen) atoms. The summed E-state index contributed by atoms with van der Waals surface area (Å²) in [5.74, 6) is 0.716. The predicted molar refractivity (Wildman–Crippen MR) is 92.7 cm³/mol. The molecule has 1 atom stereocenters. The van der Waals surface area contributed by atoms with Crippen molar-refractivity contribution in [3.63, 3.8) is 0 Å². The quantitative estimate of drug-likeness (QED) is 0.207. The summed E-state index contributed by atoms with van der Waals surface area (Å²) >= 11 is 0. The number of hydrogen-bond donors (Lipinski definition) is 2. The summed E-state index contributed by atoms with van der Waals surface area (Å²) in [6, 6.07) is 0. The van der Waals surface area contributed by atoms with E-state index in [0.717, 1.165) is 26.0 Å². The van der Waals surface area contributed by atoms with Crippen LogP contribution in [0.4, 0.5) is 5.69 Å². The second-order valence-corrected chi connectivity index (χ2v) is 5.62. The molecule has 140 valence electrons. The van der Waals surface area contributed by atoms with Gasteiger partial charge in [0.2, 0.25) is 0 Å². The van der Waals surface area contributed by atoms with Gasteiger partial charge in [0.05, 0.1) is 24.2 Å². The van der Waals surface area contributed by atoms with Crippen LogP contribution in [0.15, 0.2) is 17.4 Å². The Bertz CT molecular complexity index is 556. The van der Waals surface area contributed by atoms with Crippen molar-refractivity contribution in [2.24, 2.45) is 4.99 Å². The van der Waals surface area contributed by atoms with Crippen molar-refractivity contribution in [3.8, 4) is 0 Å². The van der Waals surface area contributed by atoms with Gasteiger partial charge < -0.3 is 20.1 Å². The van der Waals surface area contributed by atoms with Gasteiger partial charge >= 0.3 is 5.69 Å². The Kier molecular flexibility index (Phi) is 8.13. The average molecular weight is 354 g/mol. The first-order valence-electron chi connectivity index (χ1n) is 8.57. The Morgan fingerprint density at radius 3 is 3.16 bits per heavy atom. The first kappa shape index (κ1) is 19.1. The fourth-order valence-electron chi connectivity index (χ4n) is 2.35. The van der Waals surface area contributed by atoms with E-state index in [1.165, 1.54) is 17.1 Å². The van der Waals surface area contributed by atoms with Gasteiger partial charge in [-0.3, -0.25) is 19.8 Å². The molecule has 1 aliphatic rings. The molecule has 1 unspecified atom stereocenters. The van der Waals surface area contributed by atoms with E-state index in [0.29, 0.717) is 38.8 Å². The average Bonchev–Trinajstić information content (AvgIpc) is 3.26. The third kappa shape index (κ3) is 7.06. The molecule has 0 saturated carbocycles. The molecule has 2 heterocycles. The Morgan fingerprint density at radius 2 is 2.48 bits per heavy atom. The number of guanidine groups is 1. The maximum Gasteiger partial charge on any atom is 0.306 e. The minimum Gasteiger partial charge on any atom is -0.379 e. The topological polar surface area (TPSA) is 116 Å².